The smallest absolute Gasteiger partial charge is 0.270 e. The third-order valence-corrected chi connectivity index (χ3v) is 8.23. The summed E-state index contributed by atoms with van der Waals surface area (Å²) in [5.74, 6) is 0.766. The number of ether oxygens (including phenoxy) is 1. The first kappa shape index (κ1) is 21.9. The van der Waals surface area contributed by atoms with Crippen LogP contribution in [0, 0.1) is 5.92 Å². The van der Waals surface area contributed by atoms with Gasteiger partial charge in [-0.15, -0.1) is 0 Å². The first-order valence-electron chi connectivity index (χ1n) is 11.0. The van der Waals surface area contributed by atoms with Crippen LogP contribution in [-0.2, 0) is 17.1 Å². The maximum atomic E-state index is 13.6. The largest absolute Gasteiger partial charge is 0.487 e. The molecule has 2 aromatic rings. The van der Waals surface area contributed by atoms with E-state index >= 15 is 0 Å². The number of para-hydroxylation sites is 1. The van der Waals surface area contributed by atoms with Crippen LogP contribution in [0.5, 0.6) is 5.75 Å². The van der Waals surface area contributed by atoms with E-state index in [0.29, 0.717) is 49.8 Å². The molecule has 0 unspecified atom stereocenters. The van der Waals surface area contributed by atoms with Gasteiger partial charge in [0.25, 0.3) is 5.91 Å². The zero-order chi connectivity index (χ0) is 22.2. The maximum absolute atomic E-state index is 13.6. The number of carbonyl (C=O) groups excluding carboxylic acids is 1. The Morgan fingerprint density at radius 3 is 2.58 bits per heavy atom. The third-order valence-electron chi connectivity index (χ3n) is 6.27. The lowest BCUT2D eigenvalue weighted by Crippen LogP contribution is -2.47. The van der Waals surface area contributed by atoms with Crippen molar-refractivity contribution in [3.63, 3.8) is 0 Å². The third kappa shape index (κ3) is 4.23. The first-order valence-corrected chi connectivity index (χ1v) is 12.4. The van der Waals surface area contributed by atoms with Gasteiger partial charge in [-0.25, -0.2) is 8.42 Å². The molecule has 2 atom stereocenters. The van der Waals surface area contributed by atoms with Gasteiger partial charge in [0.1, 0.15) is 22.4 Å². The number of rotatable bonds is 4. The monoisotopic (exact) mass is 445 g/mol. The van der Waals surface area contributed by atoms with Crippen molar-refractivity contribution in [2.24, 2.45) is 13.0 Å². The molecule has 2 aliphatic rings. The number of aryl methyl sites for hydroxylation is 1. The molecule has 2 aliphatic heterocycles. The Bertz CT molecular complexity index is 1050. The van der Waals surface area contributed by atoms with Crippen LogP contribution in [0.4, 0.5) is 0 Å². The second kappa shape index (κ2) is 8.67. The Hall–Kier alpha value is -2.32. The van der Waals surface area contributed by atoms with Gasteiger partial charge in [0, 0.05) is 39.3 Å². The number of hydrogen-bond donors (Lipinski definition) is 0. The fourth-order valence-electron chi connectivity index (χ4n) is 4.48. The van der Waals surface area contributed by atoms with E-state index in [9.17, 15) is 13.2 Å². The highest BCUT2D eigenvalue weighted by atomic mass is 32.2. The number of benzene rings is 1. The topological polar surface area (TPSA) is 71.8 Å². The Balaban J connectivity index is 1.66. The second-order valence-electron chi connectivity index (χ2n) is 8.84. The molecular weight excluding hydrogens is 414 g/mol. The van der Waals surface area contributed by atoms with Crippen molar-refractivity contribution in [3.05, 3.63) is 48.3 Å². The van der Waals surface area contributed by atoms with Crippen LogP contribution in [0.3, 0.4) is 0 Å². The first-order chi connectivity index (χ1) is 14.8. The highest BCUT2D eigenvalue weighted by Gasteiger charge is 2.43. The summed E-state index contributed by atoms with van der Waals surface area (Å²) < 4.78 is 37.0. The van der Waals surface area contributed by atoms with Crippen LogP contribution in [0.25, 0.3) is 0 Å². The number of likely N-dealkylation sites (tertiary alicyclic amines) is 1. The number of aromatic nitrogens is 1. The van der Waals surface area contributed by atoms with Gasteiger partial charge >= 0.3 is 0 Å². The Morgan fingerprint density at radius 2 is 1.87 bits per heavy atom. The summed E-state index contributed by atoms with van der Waals surface area (Å²) in [6.07, 6.45) is 3.47. The van der Waals surface area contributed by atoms with Gasteiger partial charge in [0.05, 0.1) is 6.04 Å². The molecular formula is C23H31N3O4S. The van der Waals surface area contributed by atoms with Gasteiger partial charge in [-0.3, -0.25) is 4.79 Å². The van der Waals surface area contributed by atoms with Crippen molar-refractivity contribution in [1.29, 1.82) is 0 Å². The molecule has 1 aromatic heterocycles. The van der Waals surface area contributed by atoms with Crippen LogP contribution in [-0.4, -0.2) is 59.9 Å². The summed E-state index contributed by atoms with van der Waals surface area (Å²) in [5.41, 5.74) is 0.637. The predicted octanol–water partition coefficient (Wildman–Crippen LogP) is 3.13. The average Bonchev–Trinajstić information content (AvgIpc) is 3.01. The van der Waals surface area contributed by atoms with Crippen molar-refractivity contribution in [3.8, 4) is 5.75 Å². The van der Waals surface area contributed by atoms with Gasteiger partial charge in [0.2, 0.25) is 10.0 Å². The van der Waals surface area contributed by atoms with Crippen molar-refractivity contribution >= 4 is 15.9 Å². The van der Waals surface area contributed by atoms with Gasteiger partial charge in [-0.2, -0.15) is 4.31 Å². The Morgan fingerprint density at radius 1 is 1.13 bits per heavy atom. The van der Waals surface area contributed by atoms with Gasteiger partial charge in [-0.1, -0.05) is 26.0 Å². The number of amides is 1. The number of fused-ring (bicyclic) bond motifs is 2. The standard InChI is InChI=1S/C23H31N3O4S/c1-17(2)10-16-26-18-11-14-25(23(27)19-7-6-13-24(19)3)15-12-20(18)30-21-8-4-5-9-22(21)31(26,28)29/h4-9,13,17-18,20H,10-12,14-16H2,1-3H3/t18-,20-/m0/s1. The van der Waals surface area contributed by atoms with Crippen LogP contribution >= 0.6 is 0 Å². The molecule has 168 valence electrons. The van der Waals surface area contributed by atoms with E-state index in [1.165, 1.54) is 0 Å². The van der Waals surface area contributed by atoms with E-state index in [1.807, 2.05) is 34.8 Å². The van der Waals surface area contributed by atoms with Crippen molar-refractivity contribution in [2.45, 2.75) is 50.2 Å². The SMILES string of the molecule is CC(C)CCN1[C@H]2CCN(C(=O)c3cccn3C)CC[C@@H]2Oc2ccccc2S1(=O)=O. The zero-order valence-corrected chi connectivity index (χ0v) is 19.2. The Labute approximate surface area is 184 Å². The molecule has 1 aromatic carbocycles. The summed E-state index contributed by atoms with van der Waals surface area (Å²) in [6, 6.07) is 10.3. The highest BCUT2D eigenvalue weighted by molar-refractivity contribution is 7.89. The molecule has 0 N–H and O–H groups in total. The molecule has 0 radical (unpaired) electrons. The van der Waals surface area contributed by atoms with Gasteiger partial charge in [-0.05, 0) is 43.0 Å². The minimum atomic E-state index is -3.69. The van der Waals surface area contributed by atoms with E-state index in [4.69, 9.17) is 4.74 Å². The van der Waals surface area contributed by atoms with Crippen LogP contribution in [0.1, 0.15) is 43.6 Å². The zero-order valence-electron chi connectivity index (χ0n) is 18.4. The molecule has 1 fully saturated rings. The predicted molar refractivity (Wildman–Crippen MR) is 119 cm³/mol. The fourth-order valence-corrected chi connectivity index (χ4v) is 6.29. The van der Waals surface area contributed by atoms with Crippen molar-refractivity contribution in [1.82, 2.24) is 13.8 Å². The molecule has 0 aliphatic carbocycles. The quantitative estimate of drug-likeness (QED) is 0.725. The minimum absolute atomic E-state index is 0.0269. The van der Waals surface area contributed by atoms with Crippen LogP contribution in [0.2, 0.25) is 0 Å². The molecule has 7 nitrogen and oxygen atoms in total. The summed E-state index contributed by atoms with van der Waals surface area (Å²) in [6.45, 7) is 5.67. The van der Waals surface area contributed by atoms with Crippen molar-refractivity contribution < 1.29 is 17.9 Å². The highest BCUT2D eigenvalue weighted by Crippen LogP contribution is 2.36. The molecule has 31 heavy (non-hydrogen) atoms. The van der Waals surface area contributed by atoms with E-state index < -0.39 is 10.0 Å². The van der Waals surface area contributed by atoms with E-state index in [2.05, 4.69) is 13.8 Å². The second-order valence-corrected chi connectivity index (χ2v) is 10.7. The maximum Gasteiger partial charge on any atom is 0.270 e. The molecule has 4 rings (SSSR count). The summed E-state index contributed by atoms with van der Waals surface area (Å²) in [5, 5.41) is 0. The summed E-state index contributed by atoms with van der Waals surface area (Å²) in [7, 11) is -1.83. The van der Waals surface area contributed by atoms with Gasteiger partial charge < -0.3 is 14.2 Å². The Kier molecular flexibility index (Phi) is 6.12. The molecule has 8 heteroatoms. The lowest BCUT2D eigenvalue weighted by atomic mass is 10.0. The van der Waals surface area contributed by atoms with Gasteiger partial charge in [0.15, 0.2) is 0 Å². The average molecular weight is 446 g/mol. The molecule has 0 spiro atoms. The van der Waals surface area contributed by atoms with E-state index in [0.717, 1.165) is 6.42 Å². The number of sulfonamides is 1. The molecule has 3 heterocycles. The van der Waals surface area contributed by atoms with Crippen LogP contribution < -0.4 is 4.74 Å². The van der Waals surface area contributed by atoms with E-state index in [-0.39, 0.29) is 22.9 Å². The molecule has 0 saturated carbocycles. The molecule has 1 amide bonds. The lowest BCUT2D eigenvalue weighted by molar-refractivity contribution is 0.0745. The number of hydrogen-bond acceptors (Lipinski definition) is 4. The minimum Gasteiger partial charge on any atom is -0.487 e. The normalized spacial score (nSPS) is 23.4. The molecule has 1 saturated heterocycles. The van der Waals surface area contributed by atoms with E-state index in [1.54, 1.807) is 28.6 Å². The van der Waals surface area contributed by atoms with Crippen LogP contribution in [0.15, 0.2) is 47.5 Å². The summed E-state index contributed by atoms with van der Waals surface area (Å²) in [4.78, 5) is 15.1. The van der Waals surface area contributed by atoms with Crippen molar-refractivity contribution in [2.75, 3.05) is 19.6 Å². The fraction of sp³-hybridized carbons (Fsp3) is 0.522. The number of nitrogens with zero attached hydrogens (tertiary/aromatic N) is 3. The molecule has 0 bridgehead atoms. The number of carbonyl (C=O) groups is 1. The lowest BCUT2D eigenvalue weighted by Gasteiger charge is -2.32. The summed E-state index contributed by atoms with van der Waals surface area (Å²) >= 11 is 0.